The molecule has 2 aliphatic rings. The summed E-state index contributed by atoms with van der Waals surface area (Å²) < 4.78 is 35.0. The molecule has 0 bridgehead atoms. The number of halogens is 2. The van der Waals surface area contributed by atoms with Crippen molar-refractivity contribution in [3.8, 4) is 22.9 Å². The molecule has 0 unspecified atom stereocenters. The van der Waals surface area contributed by atoms with Gasteiger partial charge in [-0.1, -0.05) is 18.2 Å². The molecule has 200 valence electrons. The minimum absolute atomic E-state index is 0.333. The number of ether oxygens (including phenoxy) is 1. The van der Waals surface area contributed by atoms with Gasteiger partial charge in [0.1, 0.15) is 29.5 Å². The molecule has 4 rings (SSSR count). The fraction of sp³-hybridized carbons (Fsp3) is 0.552. The van der Waals surface area contributed by atoms with Crippen molar-refractivity contribution in [2.75, 3.05) is 39.3 Å². The molecule has 37 heavy (non-hydrogen) atoms. The molecule has 2 aliphatic heterocycles. The first-order valence-corrected chi connectivity index (χ1v) is 13.1. The smallest absolute Gasteiger partial charge is 0.137 e. The van der Waals surface area contributed by atoms with Gasteiger partial charge >= 0.3 is 0 Å². The SMILES string of the molecule is CC(C)(F)CN1CCC(COc2ccc(-c3ccc([C@@H](O)N4CCC[C@@H](O)C4)cc3F)cc2C#N)CC1. The van der Waals surface area contributed by atoms with E-state index in [2.05, 4.69) is 11.0 Å². The summed E-state index contributed by atoms with van der Waals surface area (Å²) in [6.07, 6.45) is 1.83. The number of likely N-dealkylation sites (tertiary alicyclic amines) is 2. The lowest BCUT2D eigenvalue weighted by Crippen LogP contribution is -2.41. The van der Waals surface area contributed by atoms with Crippen LogP contribution in [0.15, 0.2) is 36.4 Å². The molecule has 0 radical (unpaired) electrons. The highest BCUT2D eigenvalue weighted by atomic mass is 19.1. The molecule has 0 spiro atoms. The zero-order valence-corrected chi connectivity index (χ0v) is 21.7. The quantitative estimate of drug-likeness (QED) is 0.535. The average molecular weight is 514 g/mol. The van der Waals surface area contributed by atoms with E-state index < -0.39 is 23.8 Å². The molecule has 2 N–H and O–H groups in total. The lowest BCUT2D eigenvalue weighted by molar-refractivity contribution is -0.0457. The Labute approximate surface area is 218 Å². The second kappa shape index (κ2) is 11.9. The lowest BCUT2D eigenvalue weighted by atomic mass is 9.96. The number of nitrogens with zero attached hydrogens (tertiary/aromatic N) is 3. The third kappa shape index (κ3) is 7.26. The minimum atomic E-state index is -1.21. The maximum atomic E-state index is 15.1. The Bertz CT molecular complexity index is 1110. The number of aliphatic hydroxyl groups is 2. The van der Waals surface area contributed by atoms with Gasteiger partial charge in [0, 0.05) is 25.2 Å². The van der Waals surface area contributed by atoms with Gasteiger partial charge in [-0.15, -0.1) is 0 Å². The Balaban J connectivity index is 1.38. The van der Waals surface area contributed by atoms with Gasteiger partial charge in [0.25, 0.3) is 0 Å². The predicted molar refractivity (Wildman–Crippen MR) is 138 cm³/mol. The Hall–Kier alpha value is -2.57. The van der Waals surface area contributed by atoms with Gasteiger partial charge in [-0.05, 0) is 87.9 Å². The minimum Gasteiger partial charge on any atom is -0.492 e. The molecular weight excluding hydrogens is 476 g/mol. The van der Waals surface area contributed by atoms with E-state index in [1.165, 1.54) is 6.07 Å². The number of rotatable bonds is 8. The summed E-state index contributed by atoms with van der Waals surface area (Å²) in [6, 6.07) is 11.8. The van der Waals surface area contributed by atoms with Crippen molar-refractivity contribution in [3.05, 3.63) is 53.3 Å². The summed E-state index contributed by atoms with van der Waals surface area (Å²) in [5.74, 6) is 0.312. The Kier molecular flexibility index (Phi) is 8.81. The fourth-order valence-corrected chi connectivity index (χ4v) is 5.30. The highest BCUT2D eigenvalue weighted by Gasteiger charge is 2.27. The van der Waals surface area contributed by atoms with Crippen LogP contribution in [0, 0.1) is 23.1 Å². The first-order chi connectivity index (χ1) is 17.6. The molecule has 2 aromatic carbocycles. The molecule has 0 aliphatic carbocycles. The van der Waals surface area contributed by atoms with E-state index in [-0.39, 0.29) is 0 Å². The van der Waals surface area contributed by atoms with Gasteiger partial charge in [0.2, 0.25) is 0 Å². The van der Waals surface area contributed by atoms with E-state index in [1.807, 2.05) is 0 Å². The first kappa shape index (κ1) is 27.5. The molecule has 0 aromatic heterocycles. The standard InChI is InChI=1S/C29H37F2N3O3/c1-29(2,31)19-33-12-9-20(10-13-33)18-37-27-8-6-21(14-23(27)16-32)25-7-5-22(15-26(25)30)28(36)34-11-3-4-24(35)17-34/h5-8,14-15,20,24,28,35-36H,3-4,9-13,17-19H2,1-2H3/t24-,28-/m1/s1. The van der Waals surface area contributed by atoms with Crippen molar-refractivity contribution >= 4 is 0 Å². The third-order valence-electron chi connectivity index (χ3n) is 7.26. The molecule has 2 saturated heterocycles. The number of nitriles is 1. The van der Waals surface area contributed by atoms with Crippen LogP contribution in [-0.4, -0.2) is 71.1 Å². The van der Waals surface area contributed by atoms with Gasteiger partial charge in [-0.2, -0.15) is 5.26 Å². The summed E-state index contributed by atoms with van der Waals surface area (Å²) in [5.41, 5.74) is 0.444. The van der Waals surface area contributed by atoms with Crippen molar-refractivity contribution < 1.29 is 23.7 Å². The average Bonchev–Trinajstić information content (AvgIpc) is 2.87. The van der Waals surface area contributed by atoms with Gasteiger partial charge < -0.3 is 19.8 Å². The summed E-state index contributed by atoms with van der Waals surface area (Å²) in [7, 11) is 0. The first-order valence-electron chi connectivity index (χ1n) is 13.1. The van der Waals surface area contributed by atoms with E-state index in [1.54, 1.807) is 49.1 Å². The number of hydrogen-bond acceptors (Lipinski definition) is 6. The molecular formula is C29H37F2N3O3. The largest absolute Gasteiger partial charge is 0.492 e. The number of alkyl halides is 1. The predicted octanol–water partition coefficient (Wildman–Crippen LogP) is 4.65. The van der Waals surface area contributed by atoms with E-state index in [4.69, 9.17) is 4.74 Å². The van der Waals surface area contributed by atoms with E-state index in [0.29, 0.717) is 66.6 Å². The van der Waals surface area contributed by atoms with Crippen LogP contribution in [0.2, 0.25) is 0 Å². The number of aliphatic hydroxyl groups excluding tert-OH is 2. The normalized spacial score (nSPS) is 20.9. The zero-order chi connectivity index (χ0) is 26.6. The van der Waals surface area contributed by atoms with Gasteiger partial charge in [0.15, 0.2) is 0 Å². The van der Waals surface area contributed by atoms with Gasteiger partial charge in [-0.25, -0.2) is 8.78 Å². The fourth-order valence-electron chi connectivity index (χ4n) is 5.30. The highest BCUT2D eigenvalue weighted by Crippen LogP contribution is 2.32. The third-order valence-corrected chi connectivity index (χ3v) is 7.26. The highest BCUT2D eigenvalue weighted by molar-refractivity contribution is 5.68. The second-order valence-electron chi connectivity index (χ2n) is 11.0. The molecule has 0 saturated carbocycles. The molecule has 0 amide bonds. The summed E-state index contributed by atoms with van der Waals surface area (Å²) in [4.78, 5) is 3.88. The van der Waals surface area contributed by atoms with E-state index >= 15 is 4.39 Å². The Morgan fingerprint density at radius 2 is 1.89 bits per heavy atom. The Morgan fingerprint density at radius 1 is 1.14 bits per heavy atom. The molecule has 2 fully saturated rings. The number of hydrogen-bond donors (Lipinski definition) is 2. The number of benzene rings is 2. The molecule has 8 heteroatoms. The van der Waals surface area contributed by atoms with Crippen LogP contribution in [0.25, 0.3) is 11.1 Å². The summed E-state index contributed by atoms with van der Waals surface area (Å²) in [6.45, 7) is 6.75. The van der Waals surface area contributed by atoms with Crippen LogP contribution >= 0.6 is 0 Å². The summed E-state index contributed by atoms with van der Waals surface area (Å²) in [5, 5.41) is 30.2. The zero-order valence-electron chi connectivity index (χ0n) is 21.7. The van der Waals surface area contributed by atoms with Crippen molar-refractivity contribution in [3.63, 3.8) is 0 Å². The van der Waals surface area contributed by atoms with Crippen LogP contribution in [0.3, 0.4) is 0 Å². The molecule has 2 atom stereocenters. The lowest BCUT2D eigenvalue weighted by Gasteiger charge is -2.34. The monoisotopic (exact) mass is 513 g/mol. The number of piperidine rings is 2. The van der Waals surface area contributed by atoms with Crippen LogP contribution in [0.5, 0.6) is 5.75 Å². The van der Waals surface area contributed by atoms with Crippen molar-refractivity contribution in [2.24, 2.45) is 5.92 Å². The van der Waals surface area contributed by atoms with Crippen LogP contribution in [0.1, 0.15) is 56.9 Å². The van der Waals surface area contributed by atoms with Gasteiger partial charge in [-0.3, -0.25) is 4.90 Å². The molecule has 2 heterocycles. The number of β-amino-alcohol motifs (C(OH)–C–C–N with tert-alkyl or cyclic N) is 1. The van der Waals surface area contributed by atoms with Crippen molar-refractivity contribution in [1.29, 1.82) is 5.26 Å². The van der Waals surface area contributed by atoms with Crippen molar-refractivity contribution in [2.45, 2.75) is 57.5 Å². The maximum absolute atomic E-state index is 15.1. The van der Waals surface area contributed by atoms with Crippen LogP contribution in [-0.2, 0) is 0 Å². The Morgan fingerprint density at radius 3 is 2.54 bits per heavy atom. The van der Waals surface area contributed by atoms with Crippen LogP contribution < -0.4 is 4.74 Å². The second-order valence-corrected chi connectivity index (χ2v) is 11.0. The molecule has 2 aromatic rings. The summed E-state index contributed by atoms with van der Waals surface area (Å²) >= 11 is 0. The van der Waals surface area contributed by atoms with Crippen molar-refractivity contribution in [1.82, 2.24) is 9.80 Å². The van der Waals surface area contributed by atoms with Crippen LogP contribution in [0.4, 0.5) is 8.78 Å². The molecule has 6 nitrogen and oxygen atoms in total. The van der Waals surface area contributed by atoms with E-state index in [0.717, 1.165) is 32.4 Å². The maximum Gasteiger partial charge on any atom is 0.137 e. The van der Waals surface area contributed by atoms with Gasteiger partial charge in [0.05, 0.1) is 18.3 Å². The topological polar surface area (TPSA) is 80.0 Å². The van der Waals surface area contributed by atoms with E-state index in [9.17, 15) is 19.9 Å².